The van der Waals surface area contributed by atoms with E-state index in [1.165, 1.54) is 6.42 Å². The molecule has 2 nitrogen and oxygen atoms in total. The summed E-state index contributed by atoms with van der Waals surface area (Å²) in [7, 11) is 0. The van der Waals surface area contributed by atoms with Gasteiger partial charge in [0.1, 0.15) is 5.78 Å². The van der Waals surface area contributed by atoms with Crippen LogP contribution in [0.3, 0.4) is 0 Å². The molecule has 1 rings (SSSR count). The van der Waals surface area contributed by atoms with Gasteiger partial charge in [-0.2, -0.15) is 0 Å². The Kier molecular flexibility index (Phi) is 2.44. The topological polar surface area (TPSA) is 29.1 Å². The van der Waals surface area contributed by atoms with E-state index < -0.39 is 0 Å². The maximum absolute atomic E-state index is 11.0. The van der Waals surface area contributed by atoms with Crippen molar-refractivity contribution in [1.29, 1.82) is 0 Å². The molecule has 0 aromatic heterocycles. The van der Waals surface area contributed by atoms with Crippen LogP contribution in [0.25, 0.3) is 0 Å². The van der Waals surface area contributed by atoms with Crippen LogP contribution in [0, 0.1) is 5.92 Å². The molecule has 1 aliphatic rings. The third-order valence-corrected chi connectivity index (χ3v) is 2.31. The van der Waals surface area contributed by atoms with E-state index in [0.29, 0.717) is 11.7 Å². The minimum absolute atomic E-state index is 0.157. The van der Waals surface area contributed by atoms with Crippen molar-refractivity contribution in [3.8, 4) is 0 Å². The van der Waals surface area contributed by atoms with Gasteiger partial charge in [-0.1, -0.05) is 13.3 Å². The molecule has 0 bridgehead atoms. The van der Waals surface area contributed by atoms with Crippen LogP contribution < -0.4 is 5.32 Å². The van der Waals surface area contributed by atoms with Crippen LogP contribution in [-0.2, 0) is 4.79 Å². The van der Waals surface area contributed by atoms with Crippen LogP contribution in [0.5, 0.6) is 0 Å². The highest BCUT2D eigenvalue weighted by Crippen LogP contribution is 2.18. The predicted molar refractivity (Wildman–Crippen MR) is 40.9 cm³/mol. The first-order valence-corrected chi connectivity index (χ1v) is 3.99. The van der Waals surface area contributed by atoms with Crippen LogP contribution >= 0.6 is 0 Å². The molecule has 1 N–H and O–H groups in total. The number of rotatable bonds is 2. The molecule has 0 spiro atoms. The molecule has 0 aliphatic carbocycles. The van der Waals surface area contributed by atoms with Crippen LogP contribution in [0.15, 0.2) is 0 Å². The predicted octanol–water partition coefficient (Wildman–Crippen LogP) is 0.964. The third kappa shape index (κ3) is 1.37. The van der Waals surface area contributed by atoms with Crippen molar-refractivity contribution in [3.05, 3.63) is 0 Å². The quantitative estimate of drug-likeness (QED) is 0.620. The van der Waals surface area contributed by atoms with Crippen molar-refractivity contribution in [2.45, 2.75) is 32.7 Å². The van der Waals surface area contributed by atoms with E-state index in [4.69, 9.17) is 0 Å². The Morgan fingerprint density at radius 1 is 1.70 bits per heavy atom. The van der Waals surface area contributed by atoms with Gasteiger partial charge in [-0.3, -0.25) is 4.79 Å². The first kappa shape index (κ1) is 7.73. The van der Waals surface area contributed by atoms with E-state index in [-0.39, 0.29) is 6.04 Å². The number of carbonyl (C=O) groups is 1. The molecule has 1 fully saturated rings. The standard InChI is InChI=1S/C8H15NO/c1-3-7-4-5-9-8(7)6(2)10/h7-9H,3-5H2,1-2H3/t7-,8?/m1/s1. The molecular weight excluding hydrogens is 126 g/mol. The van der Waals surface area contributed by atoms with Crippen LogP contribution in [-0.4, -0.2) is 18.4 Å². The van der Waals surface area contributed by atoms with Gasteiger partial charge in [0.25, 0.3) is 0 Å². The molecular formula is C8H15NO. The van der Waals surface area contributed by atoms with Crippen LogP contribution in [0.4, 0.5) is 0 Å². The second-order valence-electron chi connectivity index (χ2n) is 3.00. The lowest BCUT2D eigenvalue weighted by molar-refractivity contribution is -0.119. The number of hydrogen-bond acceptors (Lipinski definition) is 2. The van der Waals surface area contributed by atoms with E-state index in [1.54, 1.807) is 6.92 Å². The number of hydrogen-bond donors (Lipinski definition) is 1. The van der Waals surface area contributed by atoms with E-state index in [2.05, 4.69) is 12.2 Å². The zero-order valence-electron chi connectivity index (χ0n) is 6.68. The smallest absolute Gasteiger partial charge is 0.146 e. The fraction of sp³-hybridized carbons (Fsp3) is 0.875. The number of carbonyl (C=O) groups excluding carboxylic acids is 1. The second kappa shape index (κ2) is 3.15. The molecule has 1 heterocycles. The summed E-state index contributed by atoms with van der Waals surface area (Å²) in [5.74, 6) is 0.891. The highest BCUT2D eigenvalue weighted by molar-refractivity contribution is 5.82. The maximum atomic E-state index is 11.0. The van der Waals surface area contributed by atoms with Crippen LogP contribution in [0.2, 0.25) is 0 Å². The monoisotopic (exact) mass is 141 g/mol. The lowest BCUT2D eigenvalue weighted by Gasteiger charge is -2.13. The largest absolute Gasteiger partial charge is 0.307 e. The lowest BCUT2D eigenvalue weighted by Crippen LogP contribution is -2.33. The average molecular weight is 141 g/mol. The minimum Gasteiger partial charge on any atom is -0.307 e. The normalized spacial score (nSPS) is 32.6. The Hall–Kier alpha value is -0.370. The number of nitrogens with one attached hydrogen (secondary N) is 1. The molecule has 2 heteroatoms. The van der Waals surface area contributed by atoms with Gasteiger partial charge in [0.05, 0.1) is 6.04 Å². The van der Waals surface area contributed by atoms with Crippen molar-refractivity contribution >= 4 is 5.78 Å². The van der Waals surface area contributed by atoms with E-state index in [9.17, 15) is 4.79 Å². The summed E-state index contributed by atoms with van der Waals surface area (Å²) < 4.78 is 0. The summed E-state index contributed by atoms with van der Waals surface area (Å²) in [6.07, 6.45) is 2.29. The van der Waals surface area contributed by atoms with Crippen molar-refractivity contribution < 1.29 is 4.79 Å². The molecule has 0 radical (unpaired) electrons. The van der Waals surface area contributed by atoms with E-state index in [1.807, 2.05) is 0 Å². The van der Waals surface area contributed by atoms with Gasteiger partial charge < -0.3 is 5.32 Å². The third-order valence-electron chi connectivity index (χ3n) is 2.31. The highest BCUT2D eigenvalue weighted by Gasteiger charge is 2.28. The number of Topliss-reactive ketones (excluding diaryl/α,β-unsaturated/α-hetero) is 1. The zero-order chi connectivity index (χ0) is 7.56. The average Bonchev–Trinajstić information content (AvgIpc) is 2.33. The fourth-order valence-corrected chi connectivity index (χ4v) is 1.67. The van der Waals surface area contributed by atoms with Crippen molar-refractivity contribution in [3.63, 3.8) is 0 Å². The summed E-state index contributed by atoms with van der Waals surface area (Å²) >= 11 is 0. The Morgan fingerprint density at radius 3 is 2.80 bits per heavy atom. The summed E-state index contributed by atoms with van der Waals surface area (Å²) in [4.78, 5) is 11.0. The maximum Gasteiger partial charge on any atom is 0.146 e. The van der Waals surface area contributed by atoms with Crippen molar-refractivity contribution in [2.75, 3.05) is 6.54 Å². The molecule has 0 aromatic carbocycles. The van der Waals surface area contributed by atoms with Crippen molar-refractivity contribution in [1.82, 2.24) is 5.32 Å². The lowest BCUT2D eigenvalue weighted by atomic mass is 9.95. The first-order valence-electron chi connectivity index (χ1n) is 3.99. The summed E-state index contributed by atoms with van der Waals surface area (Å²) in [6.45, 7) is 4.84. The molecule has 0 aromatic rings. The van der Waals surface area contributed by atoms with Crippen LogP contribution in [0.1, 0.15) is 26.7 Å². The highest BCUT2D eigenvalue weighted by atomic mass is 16.1. The Labute approximate surface area is 62.0 Å². The zero-order valence-corrected chi connectivity index (χ0v) is 6.68. The Balaban J connectivity index is 2.50. The van der Waals surface area contributed by atoms with E-state index >= 15 is 0 Å². The molecule has 1 unspecified atom stereocenters. The summed E-state index contributed by atoms with van der Waals surface area (Å²) in [5.41, 5.74) is 0. The Bertz CT molecular complexity index is 133. The summed E-state index contributed by atoms with van der Waals surface area (Å²) in [6, 6.07) is 0.157. The fourth-order valence-electron chi connectivity index (χ4n) is 1.67. The molecule has 1 aliphatic heterocycles. The molecule has 58 valence electrons. The first-order chi connectivity index (χ1) is 4.75. The minimum atomic E-state index is 0.157. The van der Waals surface area contributed by atoms with Gasteiger partial charge in [-0.25, -0.2) is 0 Å². The van der Waals surface area contributed by atoms with Gasteiger partial charge >= 0.3 is 0 Å². The van der Waals surface area contributed by atoms with Gasteiger partial charge in [-0.15, -0.1) is 0 Å². The number of ketones is 1. The SMILES string of the molecule is CC[C@@H]1CCNC1C(C)=O. The van der Waals surface area contributed by atoms with E-state index in [0.717, 1.165) is 13.0 Å². The summed E-state index contributed by atoms with van der Waals surface area (Å²) in [5, 5.41) is 3.21. The van der Waals surface area contributed by atoms with Crippen molar-refractivity contribution in [2.24, 2.45) is 5.92 Å². The van der Waals surface area contributed by atoms with Gasteiger partial charge in [0.2, 0.25) is 0 Å². The molecule has 10 heavy (non-hydrogen) atoms. The molecule has 0 saturated carbocycles. The molecule has 2 atom stereocenters. The van der Waals surface area contributed by atoms with Gasteiger partial charge in [0, 0.05) is 0 Å². The van der Waals surface area contributed by atoms with Gasteiger partial charge in [0.15, 0.2) is 0 Å². The molecule has 1 saturated heterocycles. The second-order valence-corrected chi connectivity index (χ2v) is 3.00. The Morgan fingerprint density at radius 2 is 2.40 bits per heavy atom. The molecule has 0 amide bonds. The van der Waals surface area contributed by atoms with Gasteiger partial charge in [-0.05, 0) is 25.8 Å².